The molecule has 0 aliphatic rings. The average molecular weight is 383 g/mol. The molecule has 5 aromatic rings. The number of hydrogen-bond donors (Lipinski definition) is 0. The van der Waals surface area contributed by atoms with Crippen molar-refractivity contribution in [1.29, 1.82) is 0 Å². The molecule has 5 heterocycles. The lowest BCUT2D eigenvalue weighted by molar-refractivity contribution is 0.951. The summed E-state index contributed by atoms with van der Waals surface area (Å²) >= 11 is 1.65. The predicted octanol–water partition coefficient (Wildman–Crippen LogP) is 5.13. The molecule has 0 aliphatic heterocycles. The quantitative estimate of drug-likeness (QED) is 0.433. The second-order valence-electron chi connectivity index (χ2n) is 6.59. The van der Waals surface area contributed by atoms with Gasteiger partial charge in [-0.25, -0.2) is 9.97 Å². The summed E-state index contributed by atoms with van der Waals surface area (Å²) in [4.78, 5) is 19.4. The molecule has 0 radical (unpaired) electrons. The molecule has 0 amide bonds. The van der Waals surface area contributed by atoms with Crippen molar-refractivity contribution in [1.82, 2.24) is 24.5 Å². The Morgan fingerprint density at radius 3 is 2.64 bits per heavy atom. The van der Waals surface area contributed by atoms with Crippen LogP contribution in [0, 0.1) is 6.92 Å². The topological polar surface area (TPSA) is 56.5 Å². The van der Waals surface area contributed by atoms with Gasteiger partial charge in [-0.15, -0.1) is 11.3 Å². The zero-order valence-electron chi connectivity index (χ0n) is 15.5. The van der Waals surface area contributed by atoms with E-state index in [0.717, 1.165) is 49.3 Å². The van der Waals surface area contributed by atoms with Gasteiger partial charge in [-0.05, 0) is 49.4 Å². The third-order valence-electron chi connectivity index (χ3n) is 4.74. The standard InChI is InChI=1S/C22H17N5S/c1-14-20(28-22(25-14)16-6-5-10-23-13-16)18-9-8-15-12-19(27(2)21(15)26-18)17-7-3-4-11-24-17/h3-13H,1-2H3. The number of nitrogens with zero attached hydrogens (tertiary/aromatic N) is 5. The summed E-state index contributed by atoms with van der Waals surface area (Å²) in [7, 11) is 2.03. The van der Waals surface area contributed by atoms with Crippen molar-refractivity contribution in [2.75, 3.05) is 0 Å². The molecule has 5 nitrogen and oxygen atoms in total. The van der Waals surface area contributed by atoms with Gasteiger partial charge in [-0.3, -0.25) is 9.97 Å². The van der Waals surface area contributed by atoms with Crippen molar-refractivity contribution >= 4 is 22.4 Å². The number of fused-ring (bicyclic) bond motifs is 1. The molecule has 0 saturated heterocycles. The van der Waals surface area contributed by atoms with Crippen LogP contribution in [0.2, 0.25) is 0 Å². The molecular weight excluding hydrogens is 366 g/mol. The Balaban J connectivity index is 1.61. The summed E-state index contributed by atoms with van der Waals surface area (Å²) in [5.41, 5.74) is 5.88. The molecule has 28 heavy (non-hydrogen) atoms. The maximum Gasteiger partial charge on any atom is 0.140 e. The van der Waals surface area contributed by atoms with Crippen LogP contribution in [0.4, 0.5) is 0 Å². The van der Waals surface area contributed by atoms with E-state index in [9.17, 15) is 0 Å². The van der Waals surface area contributed by atoms with Gasteiger partial charge in [0.25, 0.3) is 0 Å². The first-order valence-corrected chi connectivity index (χ1v) is 9.78. The fourth-order valence-electron chi connectivity index (χ4n) is 3.33. The zero-order valence-corrected chi connectivity index (χ0v) is 16.3. The Kier molecular flexibility index (Phi) is 3.98. The third kappa shape index (κ3) is 2.78. The highest BCUT2D eigenvalue weighted by molar-refractivity contribution is 7.18. The van der Waals surface area contributed by atoms with Crippen molar-refractivity contribution in [3.8, 4) is 32.5 Å². The van der Waals surface area contributed by atoms with Crippen molar-refractivity contribution < 1.29 is 0 Å². The summed E-state index contributed by atoms with van der Waals surface area (Å²) in [5.74, 6) is 0. The van der Waals surface area contributed by atoms with Gasteiger partial charge in [0.1, 0.15) is 10.7 Å². The van der Waals surface area contributed by atoms with Crippen molar-refractivity contribution in [2.24, 2.45) is 7.05 Å². The van der Waals surface area contributed by atoms with E-state index >= 15 is 0 Å². The lowest BCUT2D eigenvalue weighted by atomic mass is 10.2. The van der Waals surface area contributed by atoms with Crippen molar-refractivity contribution in [3.63, 3.8) is 0 Å². The normalized spacial score (nSPS) is 11.2. The molecule has 0 spiro atoms. The number of rotatable bonds is 3. The Hall–Kier alpha value is -3.38. The number of aromatic nitrogens is 5. The van der Waals surface area contributed by atoms with Gasteiger partial charge >= 0.3 is 0 Å². The molecule has 136 valence electrons. The minimum atomic E-state index is 0.936. The summed E-state index contributed by atoms with van der Waals surface area (Å²) in [6.07, 6.45) is 5.43. The molecule has 6 heteroatoms. The van der Waals surface area contributed by atoms with E-state index in [2.05, 4.69) is 32.7 Å². The van der Waals surface area contributed by atoms with E-state index in [1.54, 1.807) is 17.5 Å². The first-order chi connectivity index (χ1) is 13.7. The van der Waals surface area contributed by atoms with Gasteiger partial charge < -0.3 is 4.57 Å². The van der Waals surface area contributed by atoms with Crippen LogP contribution >= 0.6 is 11.3 Å². The minimum absolute atomic E-state index is 0.936. The number of hydrogen-bond acceptors (Lipinski definition) is 5. The van der Waals surface area contributed by atoms with Gasteiger partial charge in [0.2, 0.25) is 0 Å². The lowest BCUT2D eigenvalue weighted by Gasteiger charge is -2.04. The Labute approximate surface area is 166 Å². The van der Waals surface area contributed by atoms with E-state index in [4.69, 9.17) is 9.97 Å². The van der Waals surface area contributed by atoms with Crippen LogP contribution in [0.15, 0.2) is 67.1 Å². The Morgan fingerprint density at radius 1 is 0.929 bits per heavy atom. The molecule has 0 unspecified atom stereocenters. The summed E-state index contributed by atoms with van der Waals surface area (Å²) < 4.78 is 2.10. The first-order valence-electron chi connectivity index (χ1n) is 8.97. The Morgan fingerprint density at radius 2 is 1.86 bits per heavy atom. The molecule has 5 rings (SSSR count). The van der Waals surface area contributed by atoms with Gasteiger partial charge in [-0.2, -0.15) is 0 Å². The second-order valence-corrected chi connectivity index (χ2v) is 7.59. The summed E-state index contributed by atoms with van der Waals surface area (Å²) in [6, 6.07) is 16.2. The Bertz CT molecular complexity index is 1270. The molecule has 0 saturated carbocycles. The first kappa shape index (κ1) is 16.8. The molecule has 0 N–H and O–H groups in total. The summed E-state index contributed by atoms with van der Waals surface area (Å²) in [6.45, 7) is 2.03. The largest absolute Gasteiger partial charge is 0.327 e. The van der Waals surface area contributed by atoms with Crippen molar-refractivity contribution in [3.05, 3.63) is 72.8 Å². The SMILES string of the molecule is Cc1nc(-c2cccnc2)sc1-c1ccc2cc(-c3ccccn3)n(C)c2n1. The predicted molar refractivity (Wildman–Crippen MR) is 113 cm³/mol. The molecule has 0 aromatic carbocycles. The van der Waals surface area contributed by atoms with Gasteiger partial charge in [0.05, 0.1) is 27.7 Å². The molecule has 0 fully saturated rings. The lowest BCUT2D eigenvalue weighted by Crippen LogP contribution is -1.95. The zero-order chi connectivity index (χ0) is 19.1. The van der Waals surface area contributed by atoms with E-state index in [1.807, 2.05) is 56.7 Å². The fraction of sp³-hybridized carbons (Fsp3) is 0.0909. The molecular formula is C22H17N5S. The van der Waals surface area contributed by atoms with Crippen LogP contribution in [0.25, 0.3) is 43.6 Å². The van der Waals surface area contributed by atoms with Crippen LogP contribution in [-0.4, -0.2) is 24.5 Å². The summed E-state index contributed by atoms with van der Waals surface area (Å²) in [5, 5.41) is 2.06. The minimum Gasteiger partial charge on any atom is -0.327 e. The van der Waals surface area contributed by atoms with Crippen LogP contribution in [0.5, 0.6) is 0 Å². The van der Waals surface area contributed by atoms with E-state index < -0.39 is 0 Å². The van der Waals surface area contributed by atoms with Crippen LogP contribution in [-0.2, 0) is 7.05 Å². The van der Waals surface area contributed by atoms with Gasteiger partial charge in [0, 0.05) is 36.6 Å². The van der Waals surface area contributed by atoms with E-state index in [-0.39, 0.29) is 0 Å². The van der Waals surface area contributed by atoms with Crippen LogP contribution in [0.3, 0.4) is 0 Å². The molecule has 0 bridgehead atoms. The fourth-order valence-corrected chi connectivity index (χ4v) is 4.36. The molecule has 0 aliphatic carbocycles. The maximum atomic E-state index is 4.95. The molecule has 0 atom stereocenters. The number of pyridine rings is 3. The highest BCUT2D eigenvalue weighted by Crippen LogP contribution is 2.35. The molecule has 5 aromatic heterocycles. The maximum absolute atomic E-state index is 4.95. The highest BCUT2D eigenvalue weighted by atomic mass is 32.1. The van der Waals surface area contributed by atoms with Crippen LogP contribution < -0.4 is 0 Å². The van der Waals surface area contributed by atoms with E-state index in [1.165, 1.54) is 0 Å². The highest BCUT2D eigenvalue weighted by Gasteiger charge is 2.15. The van der Waals surface area contributed by atoms with E-state index in [0.29, 0.717) is 0 Å². The van der Waals surface area contributed by atoms with Gasteiger partial charge in [0.15, 0.2) is 0 Å². The number of thiazole rings is 1. The average Bonchev–Trinajstić information content (AvgIpc) is 3.29. The third-order valence-corrected chi connectivity index (χ3v) is 5.97. The second kappa shape index (κ2) is 6.65. The monoisotopic (exact) mass is 383 g/mol. The smallest absolute Gasteiger partial charge is 0.140 e. The van der Waals surface area contributed by atoms with Gasteiger partial charge in [-0.1, -0.05) is 6.07 Å². The van der Waals surface area contributed by atoms with Crippen LogP contribution in [0.1, 0.15) is 5.69 Å². The number of aryl methyl sites for hydroxylation is 2. The van der Waals surface area contributed by atoms with Crippen molar-refractivity contribution in [2.45, 2.75) is 6.92 Å².